The van der Waals surface area contributed by atoms with E-state index in [4.69, 9.17) is 5.11 Å². The van der Waals surface area contributed by atoms with Crippen LogP contribution in [0.5, 0.6) is 0 Å². The largest absolute Gasteiger partial charge is 0.395 e. The second-order valence-corrected chi connectivity index (χ2v) is 5.17. The number of hydrogen-bond acceptors (Lipinski definition) is 4. The second kappa shape index (κ2) is 4.73. The van der Waals surface area contributed by atoms with E-state index in [1.807, 2.05) is 6.92 Å². The maximum absolute atomic E-state index is 11.2. The third kappa shape index (κ3) is 3.29. The third-order valence-corrected chi connectivity index (χ3v) is 3.48. The van der Waals surface area contributed by atoms with Gasteiger partial charge in [-0.1, -0.05) is 0 Å². The Hall–Kier alpha value is -0.920. The fraction of sp³-hybridized carbons (Fsp3) is 0.625. The lowest BCUT2D eigenvalue weighted by Gasteiger charge is -2.04. The number of aromatic nitrogens is 2. The molecule has 0 saturated carbocycles. The van der Waals surface area contributed by atoms with Crippen molar-refractivity contribution in [3.8, 4) is 0 Å². The predicted octanol–water partition coefficient (Wildman–Crippen LogP) is -0.860. The molecule has 0 saturated heterocycles. The van der Waals surface area contributed by atoms with Crippen molar-refractivity contribution in [2.75, 3.05) is 12.4 Å². The number of sulfonamides is 1. The highest BCUT2D eigenvalue weighted by Crippen LogP contribution is 2.05. The minimum atomic E-state index is -3.37. The molecule has 1 aromatic heterocycles. The predicted molar refractivity (Wildman–Crippen MR) is 55.7 cm³/mol. The van der Waals surface area contributed by atoms with Gasteiger partial charge in [-0.25, -0.2) is 13.1 Å². The lowest BCUT2D eigenvalue weighted by molar-refractivity contribution is 0.319. The highest BCUT2D eigenvalue weighted by atomic mass is 32.2. The zero-order valence-corrected chi connectivity index (χ0v) is 9.58. The maximum Gasteiger partial charge on any atom is 0.214 e. The van der Waals surface area contributed by atoms with Crippen LogP contribution in [-0.2, 0) is 23.6 Å². The van der Waals surface area contributed by atoms with E-state index in [2.05, 4.69) is 9.82 Å². The molecule has 0 aliphatic carbocycles. The lowest BCUT2D eigenvalue weighted by Crippen LogP contribution is -2.27. The minimum absolute atomic E-state index is 0.210. The summed E-state index contributed by atoms with van der Waals surface area (Å²) in [6.07, 6.45) is 1.62. The monoisotopic (exact) mass is 233 g/mol. The number of aliphatic hydroxyl groups is 1. The van der Waals surface area contributed by atoms with Crippen molar-refractivity contribution in [1.82, 2.24) is 14.5 Å². The molecule has 0 atom stereocenters. The molecule has 0 aliphatic rings. The van der Waals surface area contributed by atoms with Gasteiger partial charge in [0.05, 0.1) is 18.6 Å². The Morgan fingerprint density at radius 1 is 1.60 bits per heavy atom. The van der Waals surface area contributed by atoms with Gasteiger partial charge in [0, 0.05) is 24.8 Å². The third-order valence-electron chi connectivity index (χ3n) is 2.18. The summed E-state index contributed by atoms with van der Waals surface area (Å²) in [6, 6.07) is 0. The van der Waals surface area contributed by atoms with Gasteiger partial charge in [-0.05, 0) is 6.92 Å². The number of hydrogen-bond donors (Lipinski definition) is 2. The van der Waals surface area contributed by atoms with Crippen molar-refractivity contribution in [3.63, 3.8) is 0 Å². The van der Waals surface area contributed by atoms with E-state index in [9.17, 15) is 8.42 Å². The van der Waals surface area contributed by atoms with Gasteiger partial charge < -0.3 is 5.11 Å². The van der Waals surface area contributed by atoms with E-state index < -0.39 is 10.0 Å². The van der Waals surface area contributed by atoms with E-state index in [0.29, 0.717) is 0 Å². The van der Waals surface area contributed by atoms with Crippen LogP contribution in [0.25, 0.3) is 0 Å². The first-order chi connectivity index (χ1) is 6.96. The SMILES string of the molecule is Cc1c(CNS(=O)(=O)CCO)cnn1C. The zero-order chi connectivity index (χ0) is 11.5. The fourth-order valence-electron chi connectivity index (χ4n) is 1.10. The number of aryl methyl sites for hydroxylation is 1. The van der Waals surface area contributed by atoms with Gasteiger partial charge >= 0.3 is 0 Å². The summed E-state index contributed by atoms with van der Waals surface area (Å²) in [5.41, 5.74) is 1.75. The molecule has 0 bridgehead atoms. The van der Waals surface area contributed by atoms with Gasteiger partial charge in [0.2, 0.25) is 10.0 Å². The molecule has 0 aliphatic heterocycles. The summed E-state index contributed by atoms with van der Waals surface area (Å²) < 4.78 is 26.5. The standard InChI is InChI=1S/C8H15N3O3S/c1-7-8(5-9-11(7)2)6-10-15(13,14)4-3-12/h5,10,12H,3-4,6H2,1-2H3. The van der Waals surface area contributed by atoms with Crippen LogP contribution in [0.15, 0.2) is 6.20 Å². The van der Waals surface area contributed by atoms with Crippen LogP contribution in [-0.4, -0.2) is 35.7 Å². The first-order valence-corrected chi connectivity index (χ1v) is 6.17. The molecule has 0 radical (unpaired) electrons. The Morgan fingerprint density at radius 2 is 2.27 bits per heavy atom. The maximum atomic E-state index is 11.2. The molecule has 6 nitrogen and oxygen atoms in total. The van der Waals surface area contributed by atoms with Crippen LogP contribution in [0.2, 0.25) is 0 Å². The highest BCUT2D eigenvalue weighted by molar-refractivity contribution is 7.89. The minimum Gasteiger partial charge on any atom is -0.395 e. The smallest absolute Gasteiger partial charge is 0.214 e. The summed E-state index contributed by atoms with van der Waals surface area (Å²) in [5.74, 6) is -0.272. The first-order valence-electron chi connectivity index (χ1n) is 4.52. The van der Waals surface area contributed by atoms with E-state index in [1.165, 1.54) is 0 Å². The Kier molecular flexibility index (Phi) is 3.83. The van der Waals surface area contributed by atoms with E-state index in [1.54, 1.807) is 17.9 Å². The lowest BCUT2D eigenvalue weighted by atomic mass is 10.3. The number of nitrogens with zero attached hydrogens (tertiary/aromatic N) is 2. The summed E-state index contributed by atoms with van der Waals surface area (Å²) in [6.45, 7) is 1.70. The van der Waals surface area contributed by atoms with Crippen LogP contribution in [0.3, 0.4) is 0 Å². The molecular formula is C8H15N3O3S. The van der Waals surface area contributed by atoms with Crippen molar-refractivity contribution >= 4 is 10.0 Å². The van der Waals surface area contributed by atoms with Crippen LogP contribution >= 0.6 is 0 Å². The van der Waals surface area contributed by atoms with Crippen molar-refractivity contribution in [3.05, 3.63) is 17.5 Å². The van der Waals surface area contributed by atoms with Crippen LogP contribution in [0.4, 0.5) is 0 Å². The van der Waals surface area contributed by atoms with Crippen molar-refractivity contribution < 1.29 is 13.5 Å². The van der Waals surface area contributed by atoms with Gasteiger partial charge in [-0.15, -0.1) is 0 Å². The Bertz CT molecular complexity index is 424. The van der Waals surface area contributed by atoms with Crippen molar-refractivity contribution in [2.24, 2.45) is 7.05 Å². The molecule has 0 aromatic carbocycles. The Morgan fingerprint density at radius 3 is 2.73 bits per heavy atom. The highest BCUT2D eigenvalue weighted by Gasteiger charge is 2.10. The van der Waals surface area contributed by atoms with E-state index >= 15 is 0 Å². The van der Waals surface area contributed by atoms with E-state index in [0.717, 1.165) is 11.3 Å². The van der Waals surface area contributed by atoms with Crippen LogP contribution < -0.4 is 4.72 Å². The van der Waals surface area contributed by atoms with E-state index in [-0.39, 0.29) is 18.9 Å². The van der Waals surface area contributed by atoms with Gasteiger partial charge in [-0.2, -0.15) is 5.10 Å². The van der Waals surface area contributed by atoms with Crippen molar-refractivity contribution in [2.45, 2.75) is 13.5 Å². The number of rotatable bonds is 5. The first kappa shape index (κ1) is 12.2. The summed E-state index contributed by atoms with van der Waals surface area (Å²) in [5, 5.41) is 12.5. The quantitative estimate of drug-likeness (QED) is 0.693. The van der Waals surface area contributed by atoms with Gasteiger partial charge in [0.1, 0.15) is 0 Å². The van der Waals surface area contributed by atoms with Gasteiger partial charge in [0.15, 0.2) is 0 Å². The fourth-order valence-corrected chi connectivity index (χ4v) is 1.86. The molecule has 1 rings (SSSR count). The molecule has 7 heteroatoms. The molecular weight excluding hydrogens is 218 g/mol. The normalized spacial score (nSPS) is 11.9. The molecule has 0 fully saturated rings. The summed E-state index contributed by atoms with van der Waals surface area (Å²) >= 11 is 0. The summed E-state index contributed by atoms with van der Waals surface area (Å²) in [7, 11) is -1.58. The average Bonchev–Trinajstić information content (AvgIpc) is 2.45. The van der Waals surface area contributed by atoms with Gasteiger partial charge in [-0.3, -0.25) is 4.68 Å². The molecule has 0 unspecified atom stereocenters. The topological polar surface area (TPSA) is 84.2 Å². The summed E-state index contributed by atoms with van der Waals surface area (Å²) in [4.78, 5) is 0. The molecule has 86 valence electrons. The molecule has 0 amide bonds. The molecule has 15 heavy (non-hydrogen) atoms. The molecule has 0 spiro atoms. The number of aliphatic hydroxyl groups excluding tert-OH is 1. The Balaban J connectivity index is 2.62. The van der Waals surface area contributed by atoms with Crippen LogP contribution in [0.1, 0.15) is 11.3 Å². The van der Waals surface area contributed by atoms with Crippen LogP contribution in [0, 0.1) is 6.92 Å². The zero-order valence-electron chi connectivity index (χ0n) is 8.77. The van der Waals surface area contributed by atoms with Crippen molar-refractivity contribution in [1.29, 1.82) is 0 Å². The van der Waals surface area contributed by atoms with Gasteiger partial charge in [0.25, 0.3) is 0 Å². The Labute approximate surface area is 89.0 Å². The number of nitrogens with one attached hydrogen (secondary N) is 1. The molecule has 1 heterocycles. The average molecular weight is 233 g/mol. The second-order valence-electron chi connectivity index (χ2n) is 3.24. The molecule has 2 N–H and O–H groups in total. The molecule has 1 aromatic rings.